The Morgan fingerprint density at radius 2 is 2.07 bits per heavy atom. The second-order valence-corrected chi connectivity index (χ2v) is 4.64. The van der Waals surface area contributed by atoms with E-state index in [-0.39, 0.29) is 11.7 Å². The fourth-order valence-corrected chi connectivity index (χ4v) is 4.18. The van der Waals surface area contributed by atoms with Crippen molar-refractivity contribution in [3.05, 3.63) is 25.7 Å². The van der Waals surface area contributed by atoms with E-state index in [0.29, 0.717) is 11.8 Å². The normalized spacial score (nSPS) is 52.3. The van der Waals surface area contributed by atoms with Gasteiger partial charge in [-0.25, -0.2) is 0 Å². The van der Waals surface area contributed by atoms with Crippen LogP contribution < -0.4 is 0 Å². The summed E-state index contributed by atoms with van der Waals surface area (Å²) in [5.74, 6) is 2.13. The predicted molar refractivity (Wildman–Crippen MR) is 53.4 cm³/mol. The third-order valence-corrected chi connectivity index (χ3v) is 4.48. The van der Waals surface area contributed by atoms with E-state index in [4.69, 9.17) is 9.47 Å². The Labute approximate surface area is 84.6 Å². The molecular weight excluding hydrogens is 176 g/mol. The summed E-state index contributed by atoms with van der Waals surface area (Å²) in [5, 5.41) is 0. The van der Waals surface area contributed by atoms with Crippen LogP contribution in [-0.2, 0) is 9.47 Å². The van der Waals surface area contributed by atoms with E-state index in [2.05, 4.69) is 13.2 Å². The average Bonchev–Trinajstić information content (AvgIpc) is 2.76. The summed E-state index contributed by atoms with van der Waals surface area (Å²) in [6, 6.07) is 0. The van der Waals surface area contributed by atoms with Crippen LogP contribution in [0.25, 0.3) is 0 Å². The van der Waals surface area contributed by atoms with Crippen LogP contribution in [0.5, 0.6) is 0 Å². The van der Waals surface area contributed by atoms with Crippen LogP contribution >= 0.6 is 0 Å². The number of rotatable bonds is 4. The smallest absolute Gasteiger partial charge is 0.151 e. The van der Waals surface area contributed by atoms with Gasteiger partial charge in [-0.05, 0) is 19.3 Å². The summed E-state index contributed by atoms with van der Waals surface area (Å²) >= 11 is 0. The van der Waals surface area contributed by atoms with E-state index >= 15 is 0 Å². The summed E-state index contributed by atoms with van der Waals surface area (Å²) in [5.41, 5.74) is -0.0272. The highest BCUT2D eigenvalue weighted by Crippen LogP contribution is 2.70. The third kappa shape index (κ3) is 0.667. The molecule has 14 heavy (non-hydrogen) atoms. The highest BCUT2D eigenvalue weighted by atomic mass is 16.6. The summed E-state index contributed by atoms with van der Waals surface area (Å²) in [4.78, 5) is 0. The van der Waals surface area contributed by atoms with Gasteiger partial charge >= 0.3 is 0 Å². The lowest BCUT2D eigenvalue weighted by molar-refractivity contribution is -0.193. The molecule has 4 bridgehead atoms. The van der Waals surface area contributed by atoms with Gasteiger partial charge in [0.25, 0.3) is 0 Å². The maximum absolute atomic E-state index is 5.80. The molecule has 0 aromatic heterocycles. The second-order valence-electron chi connectivity index (χ2n) is 4.64. The molecule has 4 aliphatic rings. The molecule has 0 radical (unpaired) electrons. The first-order chi connectivity index (χ1) is 6.84. The van der Waals surface area contributed by atoms with Crippen LogP contribution in [0.4, 0.5) is 0 Å². The summed E-state index contributed by atoms with van der Waals surface area (Å²) in [6.07, 6.45) is 7.27. The molecule has 4 fully saturated rings. The van der Waals surface area contributed by atoms with E-state index < -0.39 is 0 Å². The summed E-state index contributed by atoms with van der Waals surface area (Å²) in [6.45, 7) is 7.32. The van der Waals surface area contributed by atoms with E-state index in [1.165, 1.54) is 19.3 Å². The molecule has 0 amide bonds. The Bertz CT molecular complexity index is 278. The van der Waals surface area contributed by atoms with Crippen molar-refractivity contribution >= 4 is 0 Å². The fourth-order valence-electron chi connectivity index (χ4n) is 4.18. The predicted octanol–water partition coefficient (Wildman–Crippen LogP) is 2.47. The van der Waals surface area contributed by atoms with Crippen LogP contribution in [0.1, 0.15) is 19.3 Å². The zero-order valence-corrected chi connectivity index (χ0v) is 8.32. The Balaban J connectivity index is 1.90. The maximum Gasteiger partial charge on any atom is 0.151 e. The monoisotopic (exact) mass is 192 g/mol. The molecule has 0 aromatic carbocycles. The molecule has 5 atom stereocenters. The number of hydrogen-bond donors (Lipinski definition) is 0. The minimum Gasteiger partial charge on any atom is -0.494 e. The van der Waals surface area contributed by atoms with E-state index in [9.17, 15) is 0 Å². The van der Waals surface area contributed by atoms with E-state index in [0.717, 1.165) is 5.92 Å². The lowest BCUT2D eigenvalue weighted by Crippen LogP contribution is -2.60. The molecule has 2 heteroatoms. The number of ether oxygens (including phenoxy) is 2. The molecule has 0 saturated heterocycles. The van der Waals surface area contributed by atoms with Gasteiger partial charge in [0.2, 0.25) is 0 Å². The van der Waals surface area contributed by atoms with Crippen molar-refractivity contribution in [2.75, 3.05) is 0 Å². The van der Waals surface area contributed by atoms with Crippen molar-refractivity contribution < 1.29 is 9.47 Å². The maximum atomic E-state index is 5.80. The first-order valence-electron chi connectivity index (χ1n) is 5.39. The second kappa shape index (κ2) is 2.56. The van der Waals surface area contributed by atoms with Gasteiger partial charge in [-0.2, -0.15) is 0 Å². The first-order valence-corrected chi connectivity index (χ1v) is 5.39. The minimum atomic E-state index is -0.0272. The molecule has 4 rings (SSSR count). The Kier molecular flexibility index (Phi) is 1.53. The topological polar surface area (TPSA) is 18.5 Å². The molecule has 0 spiro atoms. The number of hydrogen-bond acceptors (Lipinski definition) is 2. The largest absolute Gasteiger partial charge is 0.494 e. The molecule has 76 valence electrons. The molecule has 0 aliphatic heterocycles. The van der Waals surface area contributed by atoms with E-state index in [1.807, 2.05) is 0 Å². The van der Waals surface area contributed by atoms with E-state index in [1.54, 1.807) is 12.5 Å². The zero-order valence-electron chi connectivity index (χ0n) is 8.32. The van der Waals surface area contributed by atoms with Crippen molar-refractivity contribution in [2.24, 2.45) is 17.8 Å². The summed E-state index contributed by atoms with van der Waals surface area (Å²) in [7, 11) is 0. The van der Waals surface area contributed by atoms with Crippen LogP contribution in [-0.4, -0.2) is 11.7 Å². The lowest BCUT2D eigenvalue weighted by Gasteiger charge is -2.50. The van der Waals surface area contributed by atoms with Crippen molar-refractivity contribution in [1.29, 1.82) is 0 Å². The lowest BCUT2D eigenvalue weighted by atomic mass is 9.66. The van der Waals surface area contributed by atoms with Crippen molar-refractivity contribution in [1.82, 2.24) is 0 Å². The molecule has 0 N–H and O–H groups in total. The van der Waals surface area contributed by atoms with Crippen LogP contribution in [0.2, 0.25) is 0 Å². The van der Waals surface area contributed by atoms with Crippen molar-refractivity contribution in [2.45, 2.75) is 31.0 Å². The molecule has 2 nitrogen and oxygen atoms in total. The minimum absolute atomic E-state index is 0.0272. The average molecular weight is 192 g/mol. The zero-order chi connectivity index (χ0) is 9.76. The van der Waals surface area contributed by atoms with Gasteiger partial charge in [-0.15, -0.1) is 0 Å². The van der Waals surface area contributed by atoms with Gasteiger partial charge in [-0.1, -0.05) is 13.2 Å². The van der Waals surface area contributed by atoms with Gasteiger partial charge in [0.1, 0.15) is 6.10 Å². The SMILES string of the molecule is C=COC1C2CC3CCC2C31OC=C. The Hall–Kier alpha value is -0.920. The first kappa shape index (κ1) is 8.39. The highest BCUT2D eigenvalue weighted by molar-refractivity contribution is 5.25. The molecular formula is C12H16O2. The van der Waals surface area contributed by atoms with Crippen molar-refractivity contribution in [3.63, 3.8) is 0 Å². The summed E-state index contributed by atoms with van der Waals surface area (Å²) < 4.78 is 11.4. The highest BCUT2D eigenvalue weighted by Gasteiger charge is 2.77. The molecule has 0 aromatic rings. The van der Waals surface area contributed by atoms with Crippen molar-refractivity contribution in [3.8, 4) is 0 Å². The van der Waals surface area contributed by atoms with Gasteiger partial charge in [0, 0.05) is 17.8 Å². The van der Waals surface area contributed by atoms with Gasteiger partial charge in [0.15, 0.2) is 5.60 Å². The molecule has 4 aliphatic carbocycles. The molecule has 0 heterocycles. The standard InChI is InChI=1S/C12H16O2/c1-3-13-11-9-7-8-5-6-10(9)12(8,11)14-4-2/h3-4,8-11H,1-2,5-7H2. The Morgan fingerprint density at radius 1 is 1.21 bits per heavy atom. The third-order valence-electron chi connectivity index (χ3n) is 4.48. The molecule has 4 saturated carbocycles. The van der Waals surface area contributed by atoms with Crippen LogP contribution in [0.3, 0.4) is 0 Å². The molecule has 5 unspecified atom stereocenters. The van der Waals surface area contributed by atoms with Crippen LogP contribution in [0.15, 0.2) is 25.7 Å². The fraction of sp³-hybridized carbons (Fsp3) is 0.667. The Morgan fingerprint density at radius 3 is 2.71 bits per heavy atom. The van der Waals surface area contributed by atoms with Gasteiger partial charge in [-0.3, -0.25) is 0 Å². The quantitative estimate of drug-likeness (QED) is 0.637. The van der Waals surface area contributed by atoms with Gasteiger partial charge < -0.3 is 9.47 Å². The van der Waals surface area contributed by atoms with Gasteiger partial charge in [0.05, 0.1) is 12.5 Å². The van der Waals surface area contributed by atoms with Crippen LogP contribution in [0, 0.1) is 17.8 Å².